The van der Waals surface area contributed by atoms with Crippen LogP contribution < -0.4 is 5.32 Å². The van der Waals surface area contributed by atoms with Crippen molar-refractivity contribution in [3.05, 3.63) is 35.4 Å². The van der Waals surface area contributed by atoms with Gasteiger partial charge in [0.1, 0.15) is 0 Å². The van der Waals surface area contributed by atoms with E-state index in [1.54, 1.807) is 13.1 Å². The molecule has 1 aromatic rings. The van der Waals surface area contributed by atoms with Crippen molar-refractivity contribution in [3.8, 4) is 0 Å². The summed E-state index contributed by atoms with van der Waals surface area (Å²) in [6.45, 7) is 4.19. The average molecular weight is 259 g/mol. The molecule has 1 nitrogen and oxygen atoms in total. The Morgan fingerprint density at radius 2 is 1.89 bits per heavy atom. The molecule has 1 N–H and O–H groups in total. The third kappa shape index (κ3) is 5.08. The topological polar surface area (TPSA) is 12.0 Å². The van der Waals surface area contributed by atoms with E-state index >= 15 is 0 Å². The van der Waals surface area contributed by atoms with Crippen molar-refractivity contribution >= 4 is 0 Å². The van der Waals surface area contributed by atoms with Crippen molar-refractivity contribution in [2.75, 3.05) is 7.05 Å². The zero-order valence-electron chi connectivity index (χ0n) is 11.0. The van der Waals surface area contributed by atoms with Crippen molar-refractivity contribution in [2.24, 2.45) is 5.92 Å². The molecule has 0 aliphatic heterocycles. The van der Waals surface area contributed by atoms with E-state index in [9.17, 15) is 13.2 Å². The normalized spacial score (nSPS) is 13.9. The van der Waals surface area contributed by atoms with E-state index in [-0.39, 0.29) is 0 Å². The fraction of sp³-hybridized carbons (Fsp3) is 0.571. The lowest BCUT2D eigenvalue weighted by Gasteiger charge is -2.19. The molecular weight excluding hydrogens is 239 g/mol. The first-order valence-corrected chi connectivity index (χ1v) is 6.14. The van der Waals surface area contributed by atoms with Gasteiger partial charge in [0.25, 0.3) is 0 Å². The van der Waals surface area contributed by atoms with Crippen molar-refractivity contribution < 1.29 is 13.2 Å². The fourth-order valence-corrected chi connectivity index (χ4v) is 2.03. The summed E-state index contributed by atoms with van der Waals surface area (Å²) in [5.74, 6) is 0.496. The number of rotatable bonds is 5. The van der Waals surface area contributed by atoms with Crippen LogP contribution in [0.4, 0.5) is 13.2 Å². The SMILES string of the molecule is CNC(CC(F)(F)F)c1cccc(CC(C)C)c1. The molecule has 4 heteroatoms. The van der Waals surface area contributed by atoms with Crippen LogP contribution in [0, 0.1) is 5.92 Å². The zero-order valence-corrected chi connectivity index (χ0v) is 11.0. The first-order valence-electron chi connectivity index (χ1n) is 6.14. The highest BCUT2D eigenvalue weighted by Crippen LogP contribution is 2.29. The van der Waals surface area contributed by atoms with Crippen LogP contribution in [0.3, 0.4) is 0 Å². The summed E-state index contributed by atoms with van der Waals surface area (Å²) in [5, 5.41) is 2.74. The van der Waals surface area contributed by atoms with Crippen LogP contribution in [0.5, 0.6) is 0 Å². The van der Waals surface area contributed by atoms with E-state index in [4.69, 9.17) is 0 Å². The van der Waals surface area contributed by atoms with E-state index in [0.29, 0.717) is 11.5 Å². The van der Waals surface area contributed by atoms with Gasteiger partial charge in [-0.25, -0.2) is 0 Å². The minimum atomic E-state index is -4.15. The van der Waals surface area contributed by atoms with E-state index in [0.717, 1.165) is 12.0 Å². The summed E-state index contributed by atoms with van der Waals surface area (Å²) >= 11 is 0. The van der Waals surface area contributed by atoms with Gasteiger partial charge < -0.3 is 5.32 Å². The Bertz CT molecular complexity index is 372. The highest BCUT2D eigenvalue weighted by atomic mass is 19.4. The molecule has 0 fully saturated rings. The number of hydrogen-bond acceptors (Lipinski definition) is 1. The van der Waals surface area contributed by atoms with Crippen LogP contribution in [0.25, 0.3) is 0 Å². The Balaban J connectivity index is 2.86. The Kier molecular flexibility index (Phi) is 5.20. The average Bonchev–Trinajstić information content (AvgIpc) is 2.24. The number of halogens is 3. The fourth-order valence-electron chi connectivity index (χ4n) is 2.03. The highest BCUT2D eigenvalue weighted by molar-refractivity contribution is 5.26. The van der Waals surface area contributed by atoms with Gasteiger partial charge in [-0.2, -0.15) is 13.2 Å². The van der Waals surface area contributed by atoms with E-state index in [2.05, 4.69) is 19.2 Å². The maximum Gasteiger partial charge on any atom is 0.390 e. The quantitative estimate of drug-likeness (QED) is 0.839. The first kappa shape index (κ1) is 15.0. The summed E-state index contributed by atoms with van der Waals surface area (Å²) in [6, 6.07) is 6.73. The number of nitrogens with one attached hydrogen (secondary N) is 1. The van der Waals surface area contributed by atoms with Crippen LogP contribution in [0.2, 0.25) is 0 Å². The van der Waals surface area contributed by atoms with Crippen LogP contribution in [-0.2, 0) is 6.42 Å². The molecule has 18 heavy (non-hydrogen) atoms. The van der Waals surface area contributed by atoms with Gasteiger partial charge in [-0.15, -0.1) is 0 Å². The molecule has 1 atom stereocenters. The maximum atomic E-state index is 12.4. The number of alkyl halides is 3. The van der Waals surface area contributed by atoms with Crippen molar-refractivity contribution in [1.29, 1.82) is 0 Å². The number of hydrogen-bond donors (Lipinski definition) is 1. The van der Waals surface area contributed by atoms with Gasteiger partial charge in [0.2, 0.25) is 0 Å². The molecule has 1 unspecified atom stereocenters. The van der Waals surface area contributed by atoms with Crippen LogP contribution in [0.15, 0.2) is 24.3 Å². The van der Waals surface area contributed by atoms with Crippen molar-refractivity contribution in [3.63, 3.8) is 0 Å². The Hall–Kier alpha value is -1.03. The molecule has 102 valence electrons. The van der Waals surface area contributed by atoms with E-state index in [1.165, 1.54) is 0 Å². The lowest BCUT2D eigenvalue weighted by molar-refractivity contribution is -0.140. The molecule has 0 spiro atoms. The molecule has 0 aliphatic rings. The van der Waals surface area contributed by atoms with Crippen LogP contribution in [-0.4, -0.2) is 13.2 Å². The van der Waals surface area contributed by atoms with Gasteiger partial charge in [-0.05, 0) is 30.5 Å². The molecule has 0 bridgehead atoms. The van der Waals surface area contributed by atoms with Crippen LogP contribution in [0.1, 0.15) is 37.4 Å². The second-order valence-corrected chi connectivity index (χ2v) is 5.00. The third-order valence-corrected chi connectivity index (χ3v) is 2.78. The smallest absolute Gasteiger partial charge is 0.313 e. The van der Waals surface area contributed by atoms with Gasteiger partial charge in [-0.1, -0.05) is 38.1 Å². The molecule has 0 heterocycles. The highest BCUT2D eigenvalue weighted by Gasteiger charge is 2.31. The largest absolute Gasteiger partial charge is 0.390 e. The summed E-state index contributed by atoms with van der Waals surface area (Å²) in [5.41, 5.74) is 1.79. The third-order valence-electron chi connectivity index (χ3n) is 2.78. The minimum Gasteiger partial charge on any atom is -0.313 e. The molecule has 0 saturated carbocycles. The predicted molar refractivity (Wildman–Crippen MR) is 67.5 cm³/mol. The lowest BCUT2D eigenvalue weighted by atomic mass is 9.97. The Morgan fingerprint density at radius 1 is 1.22 bits per heavy atom. The Labute approximate surface area is 106 Å². The van der Waals surface area contributed by atoms with Gasteiger partial charge in [0.15, 0.2) is 0 Å². The van der Waals surface area contributed by atoms with Crippen LogP contribution >= 0.6 is 0 Å². The van der Waals surface area contributed by atoms with Crippen molar-refractivity contribution in [2.45, 2.75) is 38.9 Å². The lowest BCUT2D eigenvalue weighted by Crippen LogP contribution is -2.23. The zero-order chi connectivity index (χ0) is 13.8. The second-order valence-electron chi connectivity index (χ2n) is 5.00. The van der Waals surface area contributed by atoms with E-state index in [1.807, 2.05) is 18.2 Å². The molecular formula is C14H20F3N. The molecule has 1 rings (SSSR count). The van der Waals surface area contributed by atoms with Gasteiger partial charge >= 0.3 is 6.18 Å². The van der Waals surface area contributed by atoms with Gasteiger partial charge in [0.05, 0.1) is 6.42 Å². The monoisotopic (exact) mass is 259 g/mol. The molecule has 0 amide bonds. The predicted octanol–water partition coefficient (Wildman–Crippen LogP) is 4.10. The minimum absolute atomic E-state index is 0.496. The molecule has 0 aromatic heterocycles. The molecule has 0 radical (unpaired) electrons. The second kappa shape index (κ2) is 6.23. The standard InChI is InChI=1S/C14H20F3N/c1-10(2)7-11-5-4-6-12(8-11)13(18-3)9-14(15,16)17/h4-6,8,10,13,18H,7,9H2,1-3H3. The van der Waals surface area contributed by atoms with Gasteiger partial charge in [0, 0.05) is 6.04 Å². The first-order chi connectivity index (χ1) is 8.31. The molecule has 1 aromatic carbocycles. The number of benzene rings is 1. The van der Waals surface area contributed by atoms with Crippen molar-refractivity contribution in [1.82, 2.24) is 5.32 Å². The molecule has 0 saturated heterocycles. The van der Waals surface area contributed by atoms with E-state index < -0.39 is 18.6 Å². The van der Waals surface area contributed by atoms with Gasteiger partial charge in [-0.3, -0.25) is 0 Å². The summed E-state index contributed by atoms with van der Waals surface area (Å²) < 4.78 is 37.3. The maximum absolute atomic E-state index is 12.4. The molecule has 0 aliphatic carbocycles. The summed E-state index contributed by atoms with van der Waals surface area (Å²) in [7, 11) is 1.56. The summed E-state index contributed by atoms with van der Waals surface area (Å²) in [6.07, 6.45) is -4.10. The summed E-state index contributed by atoms with van der Waals surface area (Å²) in [4.78, 5) is 0. The Morgan fingerprint density at radius 3 is 2.39 bits per heavy atom.